The van der Waals surface area contributed by atoms with Crippen molar-refractivity contribution in [1.29, 1.82) is 0 Å². The summed E-state index contributed by atoms with van der Waals surface area (Å²) >= 11 is 12.3. The molecule has 4 aromatic rings. The topological polar surface area (TPSA) is 124 Å². The molecule has 0 aliphatic carbocycles. The summed E-state index contributed by atoms with van der Waals surface area (Å²) in [6, 6.07) is 21.5. The molecule has 5 rings (SSSR count). The molecule has 1 heterocycles. The van der Waals surface area contributed by atoms with E-state index in [1.54, 1.807) is 30.3 Å². The van der Waals surface area contributed by atoms with Crippen LogP contribution in [0.3, 0.4) is 0 Å². The van der Waals surface area contributed by atoms with E-state index in [0.29, 0.717) is 0 Å². The number of carbonyl (C=O) groups is 4. The first-order valence-corrected chi connectivity index (χ1v) is 12.4. The van der Waals surface area contributed by atoms with Gasteiger partial charge in [0.1, 0.15) is 0 Å². The maximum atomic E-state index is 13.3. The van der Waals surface area contributed by atoms with Gasteiger partial charge in [0.05, 0.1) is 37.3 Å². The molecule has 0 bridgehead atoms. The maximum Gasteiger partial charge on any atom is 0.339 e. The number of halogens is 2. The van der Waals surface area contributed by atoms with Crippen molar-refractivity contribution >= 4 is 58.1 Å². The summed E-state index contributed by atoms with van der Waals surface area (Å²) in [4.78, 5) is 64.2. The summed E-state index contributed by atoms with van der Waals surface area (Å²) in [7, 11) is 0. The molecule has 0 N–H and O–H groups in total. The fraction of sp³-hybridized carbons (Fsp3) is 0.0345. The van der Waals surface area contributed by atoms with Gasteiger partial charge in [-0.05, 0) is 42.5 Å². The molecule has 0 saturated carbocycles. The molecule has 4 aromatic carbocycles. The number of amides is 2. The average Bonchev–Trinajstić information content (AvgIpc) is 3.22. The molecule has 0 aromatic heterocycles. The Bertz CT molecular complexity index is 1710. The highest BCUT2D eigenvalue weighted by Gasteiger charge is 2.39. The van der Waals surface area contributed by atoms with Crippen LogP contribution in [0, 0.1) is 10.1 Å². The van der Waals surface area contributed by atoms with Gasteiger partial charge in [0.15, 0.2) is 6.10 Å². The van der Waals surface area contributed by atoms with Crippen LogP contribution in [0.2, 0.25) is 10.0 Å². The number of esters is 1. The average molecular weight is 575 g/mol. The third-order valence-electron chi connectivity index (χ3n) is 6.22. The standard InChI is InChI=1S/C29H16Cl2N2O7/c30-22-7-4-8-23(24(22)31)32-27(35)20-14-11-18(15-21(20)28(32)36)29(37)40-26(25(34)16-5-2-1-3-6-16)17-9-12-19(13-10-17)33(38)39/h1-15,26H/t26-/m1/s1. The van der Waals surface area contributed by atoms with Crippen molar-refractivity contribution in [3.8, 4) is 0 Å². The van der Waals surface area contributed by atoms with E-state index >= 15 is 0 Å². The van der Waals surface area contributed by atoms with Gasteiger partial charge in [-0.1, -0.05) is 59.6 Å². The number of ketones is 1. The minimum Gasteiger partial charge on any atom is -0.445 e. The number of nitro groups is 1. The van der Waals surface area contributed by atoms with E-state index < -0.39 is 34.6 Å². The molecular formula is C29H16Cl2N2O7. The predicted molar refractivity (Wildman–Crippen MR) is 146 cm³/mol. The Morgan fingerprint density at radius 1 is 0.800 bits per heavy atom. The SMILES string of the molecule is O=C(O[C@@H](C(=O)c1ccccc1)c1ccc([N+](=O)[O-])cc1)c1ccc2c(c1)C(=O)N(c1cccc(Cl)c1Cl)C2=O. The van der Waals surface area contributed by atoms with Gasteiger partial charge >= 0.3 is 5.97 Å². The van der Waals surface area contributed by atoms with Crippen LogP contribution in [0.1, 0.15) is 53.1 Å². The number of hydrogen-bond acceptors (Lipinski definition) is 7. The first-order chi connectivity index (χ1) is 19.2. The molecule has 0 spiro atoms. The van der Waals surface area contributed by atoms with Crippen LogP contribution in [0.15, 0.2) is 91.0 Å². The molecular weight excluding hydrogens is 559 g/mol. The fourth-order valence-electron chi connectivity index (χ4n) is 4.22. The lowest BCUT2D eigenvalue weighted by Crippen LogP contribution is -2.29. The highest BCUT2D eigenvalue weighted by Crippen LogP contribution is 2.37. The summed E-state index contributed by atoms with van der Waals surface area (Å²) in [5.41, 5.74) is 0.251. The number of nitro benzene ring substituents is 1. The number of non-ortho nitro benzene ring substituents is 1. The smallest absolute Gasteiger partial charge is 0.339 e. The van der Waals surface area contributed by atoms with E-state index in [0.717, 1.165) is 4.90 Å². The van der Waals surface area contributed by atoms with E-state index in [2.05, 4.69) is 0 Å². The minimum absolute atomic E-state index is 0.0173. The first-order valence-electron chi connectivity index (χ1n) is 11.7. The number of rotatable bonds is 7. The Labute approximate surface area is 236 Å². The van der Waals surface area contributed by atoms with Crippen LogP contribution < -0.4 is 4.90 Å². The van der Waals surface area contributed by atoms with Crippen LogP contribution in [-0.4, -0.2) is 28.5 Å². The minimum atomic E-state index is -1.44. The largest absolute Gasteiger partial charge is 0.445 e. The lowest BCUT2D eigenvalue weighted by Gasteiger charge is -2.18. The van der Waals surface area contributed by atoms with Crippen molar-refractivity contribution in [2.75, 3.05) is 4.90 Å². The van der Waals surface area contributed by atoms with Crippen molar-refractivity contribution in [2.45, 2.75) is 6.10 Å². The Morgan fingerprint density at radius 3 is 2.15 bits per heavy atom. The van der Waals surface area contributed by atoms with Crippen molar-refractivity contribution in [1.82, 2.24) is 0 Å². The lowest BCUT2D eigenvalue weighted by atomic mass is 9.99. The molecule has 40 heavy (non-hydrogen) atoms. The van der Waals surface area contributed by atoms with Gasteiger partial charge in [-0.25, -0.2) is 9.69 Å². The van der Waals surface area contributed by atoms with E-state index in [9.17, 15) is 29.3 Å². The van der Waals surface area contributed by atoms with Crippen LogP contribution in [0.5, 0.6) is 0 Å². The van der Waals surface area contributed by atoms with E-state index in [1.807, 2.05) is 0 Å². The Hall–Kier alpha value is -4.86. The van der Waals surface area contributed by atoms with Gasteiger partial charge < -0.3 is 4.74 Å². The molecule has 9 nitrogen and oxygen atoms in total. The lowest BCUT2D eigenvalue weighted by molar-refractivity contribution is -0.384. The van der Waals surface area contributed by atoms with Crippen molar-refractivity contribution in [3.63, 3.8) is 0 Å². The monoisotopic (exact) mass is 574 g/mol. The summed E-state index contributed by atoms with van der Waals surface area (Å²) in [6.07, 6.45) is -1.44. The van der Waals surface area contributed by atoms with Crippen molar-refractivity contribution in [2.24, 2.45) is 0 Å². The van der Waals surface area contributed by atoms with Crippen LogP contribution >= 0.6 is 23.2 Å². The Morgan fingerprint density at radius 2 is 1.48 bits per heavy atom. The van der Waals surface area contributed by atoms with E-state index in [1.165, 1.54) is 60.7 Å². The van der Waals surface area contributed by atoms with Crippen LogP contribution in [0.4, 0.5) is 11.4 Å². The molecule has 0 unspecified atom stereocenters. The summed E-state index contributed by atoms with van der Waals surface area (Å²) in [6.45, 7) is 0. The fourth-order valence-corrected chi connectivity index (χ4v) is 4.60. The number of Topliss-reactive ketones (excluding diaryl/α,β-unsaturated/α-hetero) is 1. The number of benzene rings is 4. The molecule has 0 saturated heterocycles. The summed E-state index contributed by atoms with van der Waals surface area (Å²) in [5, 5.41) is 11.2. The summed E-state index contributed by atoms with van der Waals surface area (Å²) in [5.74, 6) is -2.87. The second-order valence-corrected chi connectivity index (χ2v) is 9.43. The third-order valence-corrected chi connectivity index (χ3v) is 7.03. The maximum absolute atomic E-state index is 13.3. The number of carbonyl (C=O) groups excluding carboxylic acids is 4. The molecule has 1 aliphatic rings. The quantitative estimate of drug-likeness (QED) is 0.0812. The van der Waals surface area contributed by atoms with Crippen LogP contribution in [-0.2, 0) is 4.74 Å². The van der Waals surface area contributed by atoms with Gasteiger partial charge in [0.25, 0.3) is 17.5 Å². The molecule has 0 fully saturated rings. The van der Waals surface area contributed by atoms with Gasteiger partial charge in [0.2, 0.25) is 5.78 Å². The highest BCUT2D eigenvalue weighted by atomic mass is 35.5. The second-order valence-electron chi connectivity index (χ2n) is 8.64. The van der Waals surface area contributed by atoms with E-state index in [4.69, 9.17) is 27.9 Å². The second kappa shape index (κ2) is 10.7. The normalized spacial score (nSPS) is 13.1. The number of fused-ring (bicyclic) bond motifs is 1. The summed E-state index contributed by atoms with van der Waals surface area (Å²) < 4.78 is 5.60. The molecule has 11 heteroatoms. The number of hydrogen-bond donors (Lipinski definition) is 0. The molecule has 198 valence electrons. The number of nitrogens with zero attached hydrogens (tertiary/aromatic N) is 2. The zero-order valence-electron chi connectivity index (χ0n) is 20.2. The molecule has 1 atom stereocenters. The Kier molecular flexibility index (Phi) is 7.17. The van der Waals surface area contributed by atoms with Crippen LogP contribution in [0.25, 0.3) is 0 Å². The molecule has 1 aliphatic heterocycles. The van der Waals surface area contributed by atoms with Crippen molar-refractivity contribution in [3.05, 3.63) is 139 Å². The zero-order valence-corrected chi connectivity index (χ0v) is 21.8. The highest BCUT2D eigenvalue weighted by molar-refractivity contribution is 6.46. The van der Waals surface area contributed by atoms with Gasteiger partial charge in [-0.3, -0.25) is 24.5 Å². The molecule has 2 amide bonds. The Balaban J connectivity index is 1.47. The number of anilines is 1. The first kappa shape index (κ1) is 26.7. The van der Waals surface area contributed by atoms with Gasteiger partial charge in [-0.2, -0.15) is 0 Å². The number of ether oxygens (including phenoxy) is 1. The van der Waals surface area contributed by atoms with Gasteiger partial charge in [0, 0.05) is 23.3 Å². The molecule has 0 radical (unpaired) electrons. The predicted octanol–water partition coefficient (Wildman–Crippen LogP) is 6.48. The van der Waals surface area contributed by atoms with Crippen molar-refractivity contribution < 1.29 is 28.8 Å². The van der Waals surface area contributed by atoms with E-state index in [-0.39, 0.29) is 49.2 Å². The third kappa shape index (κ3) is 4.84. The zero-order chi connectivity index (χ0) is 28.6. The van der Waals surface area contributed by atoms with Gasteiger partial charge in [-0.15, -0.1) is 0 Å². The number of imide groups is 1.